The molecule has 8 aromatic rings. The number of anilines is 6. The van der Waals surface area contributed by atoms with Crippen molar-refractivity contribution in [2.45, 2.75) is 48.5 Å². The third-order valence-corrected chi connectivity index (χ3v) is 10.7. The van der Waals surface area contributed by atoms with Gasteiger partial charge < -0.3 is 14.2 Å². The predicted molar refractivity (Wildman–Crippen MR) is 222 cm³/mol. The lowest BCUT2D eigenvalue weighted by Crippen LogP contribution is -2.11. The van der Waals surface area contributed by atoms with Gasteiger partial charge in [-0.3, -0.25) is 0 Å². The molecular weight excluding hydrogens is 633 g/mol. The van der Waals surface area contributed by atoms with Gasteiger partial charge in [0.25, 0.3) is 0 Å². The lowest BCUT2D eigenvalue weighted by molar-refractivity contribution is 0.669. The molecule has 0 aliphatic carbocycles. The molecule has 0 aliphatic heterocycles. The molecular formula is C49H44N2O. The minimum Gasteiger partial charge on any atom is -0.456 e. The number of furan rings is 1. The molecule has 0 bridgehead atoms. The highest BCUT2D eigenvalue weighted by molar-refractivity contribution is 6.06. The van der Waals surface area contributed by atoms with E-state index in [0.29, 0.717) is 0 Å². The minimum absolute atomic E-state index is 0.900. The van der Waals surface area contributed by atoms with Crippen LogP contribution in [0.2, 0.25) is 0 Å². The third kappa shape index (κ3) is 6.13. The Hall–Kier alpha value is -6.06. The summed E-state index contributed by atoms with van der Waals surface area (Å²) in [5.74, 6) is 0. The monoisotopic (exact) mass is 676 g/mol. The van der Waals surface area contributed by atoms with E-state index in [-0.39, 0.29) is 0 Å². The molecule has 0 amide bonds. The Kier molecular flexibility index (Phi) is 8.43. The van der Waals surface area contributed by atoms with E-state index >= 15 is 0 Å². The molecule has 0 spiro atoms. The average molecular weight is 677 g/mol. The van der Waals surface area contributed by atoms with Crippen molar-refractivity contribution in [1.29, 1.82) is 0 Å². The van der Waals surface area contributed by atoms with E-state index in [1.807, 2.05) is 0 Å². The lowest BCUT2D eigenvalue weighted by Gasteiger charge is -2.27. The number of nitrogens with zero attached hydrogens (tertiary/aromatic N) is 2. The molecule has 0 N–H and O–H groups in total. The van der Waals surface area contributed by atoms with Gasteiger partial charge >= 0.3 is 0 Å². The topological polar surface area (TPSA) is 19.6 Å². The summed E-state index contributed by atoms with van der Waals surface area (Å²) in [4.78, 5) is 4.70. The molecule has 3 nitrogen and oxygen atoms in total. The number of hydrogen-bond acceptors (Lipinski definition) is 3. The second-order valence-electron chi connectivity index (χ2n) is 14.4. The highest BCUT2D eigenvalue weighted by Gasteiger charge is 2.18. The van der Waals surface area contributed by atoms with Gasteiger partial charge in [0.1, 0.15) is 11.2 Å². The molecule has 3 heteroatoms. The zero-order valence-electron chi connectivity index (χ0n) is 31.1. The van der Waals surface area contributed by atoms with E-state index in [0.717, 1.165) is 56.1 Å². The molecule has 1 aromatic heterocycles. The fourth-order valence-corrected chi connectivity index (χ4v) is 7.11. The molecule has 0 unspecified atom stereocenters. The summed E-state index contributed by atoms with van der Waals surface area (Å²) >= 11 is 0. The maximum Gasteiger partial charge on any atom is 0.135 e. The van der Waals surface area contributed by atoms with Crippen LogP contribution in [0.25, 0.3) is 33.1 Å². The van der Waals surface area contributed by atoms with Crippen molar-refractivity contribution in [3.63, 3.8) is 0 Å². The first-order valence-corrected chi connectivity index (χ1v) is 18.1. The Balaban J connectivity index is 1.16. The van der Waals surface area contributed by atoms with Crippen molar-refractivity contribution >= 4 is 56.1 Å². The van der Waals surface area contributed by atoms with Gasteiger partial charge in [-0.2, -0.15) is 0 Å². The highest BCUT2D eigenvalue weighted by atomic mass is 16.3. The molecule has 8 rings (SSSR count). The Morgan fingerprint density at radius 2 is 0.654 bits per heavy atom. The first kappa shape index (κ1) is 33.1. The molecule has 0 saturated heterocycles. The SMILES string of the molecule is Cc1ccc2oc3ccc(N(c4ccc(-c5ccc(N(c6ccc(C)c(C)c6)c6ccc(C)c(C)c6)cc5)cc4)c4ccc(C)c(C)c4)cc3c2c1. The Morgan fingerprint density at radius 3 is 1.08 bits per heavy atom. The molecule has 0 radical (unpaired) electrons. The highest BCUT2D eigenvalue weighted by Crippen LogP contribution is 2.41. The van der Waals surface area contributed by atoms with Gasteiger partial charge in [0.15, 0.2) is 0 Å². The van der Waals surface area contributed by atoms with E-state index in [9.17, 15) is 0 Å². The van der Waals surface area contributed by atoms with E-state index in [4.69, 9.17) is 4.42 Å². The molecule has 256 valence electrons. The predicted octanol–water partition coefficient (Wildman–Crippen LogP) is 14.4. The van der Waals surface area contributed by atoms with Gasteiger partial charge in [-0.05, 0) is 184 Å². The maximum atomic E-state index is 6.22. The number of fused-ring (bicyclic) bond motifs is 3. The van der Waals surface area contributed by atoms with Crippen LogP contribution in [0.3, 0.4) is 0 Å². The number of benzene rings is 7. The standard InChI is InChI=1S/C49H44N2O/c1-31-8-24-48-46(26-31)47-30-45(23-25-49(47)52-48)51(44-18-11-34(4)37(7)29-44)41-21-14-39(15-22-41)38-12-19-40(20-13-38)50(42-16-9-32(2)35(5)27-42)43-17-10-33(3)36(6)28-43/h8-30H,1-7H3. The van der Waals surface area contributed by atoms with Crippen molar-refractivity contribution in [2.75, 3.05) is 9.80 Å². The first-order valence-electron chi connectivity index (χ1n) is 18.1. The summed E-state index contributed by atoms with van der Waals surface area (Å²) < 4.78 is 6.22. The van der Waals surface area contributed by atoms with Crippen LogP contribution in [0.5, 0.6) is 0 Å². The van der Waals surface area contributed by atoms with Gasteiger partial charge in [0, 0.05) is 44.9 Å². The average Bonchev–Trinajstić information content (AvgIpc) is 3.51. The lowest BCUT2D eigenvalue weighted by atomic mass is 10.0. The van der Waals surface area contributed by atoms with Crippen molar-refractivity contribution in [2.24, 2.45) is 0 Å². The van der Waals surface area contributed by atoms with Crippen LogP contribution in [0.1, 0.15) is 38.9 Å². The smallest absolute Gasteiger partial charge is 0.135 e. The van der Waals surface area contributed by atoms with Crippen LogP contribution >= 0.6 is 0 Å². The Morgan fingerprint density at radius 1 is 0.308 bits per heavy atom. The fourth-order valence-electron chi connectivity index (χ4n) is 7.11. The van der Waals surface area contributed by atoms with Crippen LogP contribution < -0.4 is 9.80 Å². The second-order valence-corrected chi connectivity index (χ2v) is 14.4. The molecule has 0 saturated carbocycles. The summed E-state index contributed by atoms with van der Waals surface area (Å²) in [7, 11) is 0. The van der Waals surface area contributed by atoms with Gasteiger partial charge in [0.05, 0.1) is 0 Å². The summed E-state index contributed by atoms with van der Waals surface area (Å²) in [6.45, 7) is 15.2. The molecule has 7 aromatic carbocycles. The van der Waals surface area contributed by atoms with Crippen LogP contribution in [0, 0.1) is 48.5 Å². The zero-order valence-corrected chi connectivity index (χ0v) is 31.1. The largest absolute Gasteiger partial charge is 0.456 e. The van der Waals surface area contributed by atoms with Gasteiger partial charge in [-0.1, -0.05) is 54.1 Å². The van der Waals surface area contributed by atoms with Gasteiger partial charge in [0.2, 0.25) is 0 Å². The Bertz CT molecular complexity index is 2540. The zero-order chi connectivity index (χ0) is 36.1. The maximum absolute atomic E-state index is 6.22. The number of aryl methyl sites for hydroxylation is 7. The fraction of sp³-hybridized carbons (Fsp3) is 0.143. The van der Waals surface area contributed by atoms with E-state index in [1.165, 1.54) is 50.1 Å². The van der Waals surface area contributed by atoms with Gasteiger partial charge in [-0.15, -0.1) is 0 Å². The van der Waals surface area contributed by atoms with E-state index in [1.54, 1.807) is 0 Å². The Labute approximate surface area is 307 Å². The first-order chi connectivity index (χ1) is 25.1. The van der Waals surface area contributed by atoms with E-state index in [2.05, 4.69) is 198 Å². The van der Waals surface area contributed by atoms with Crippen molar-refractivity contribution < 1.29 is 4.42 Å². The quantitative estimate of drug-likeness (QED) is 0.167. The molecule has 0 atom stereocenters. The van der Waals surface area contributed by atoms with Crippen LogP contribution in [-0.2, 0) is 0 Å². The third-order valence-electron chi connectivity index (χ3n) is 10.7. The summed E-state index contributed by atoms with van der Waals surface area (Å²) in [6.07, 6.45) is 0. The second kappa shape index (κ2) is 13.2. The normalized spacial score (nSPS) is 11.4. The molecule has 52 heavy (non-hydrogen) atoms. The van der Waals surface area contributed by atoms with Crippen LogP contribution in [0.4, 0.5) is 34.1 Å². The van der Waals surface area contributed by atoms with E-state index < -0.39 is 0 Å². The van der Waals surface area contributed by atoms with Crippen molar-refractivity contribution in [3.05, 3.63) is 178 Å². The molecule has 0 aliphatic rings. The molecule has 0 fully saturated rings. The summed E-state index contributed by atoms with van der Waals surface area (Å²) in [5, 5.41) is 2.27. The van der Waals surface area contributed by atoms with Crippen LogP contribution in [-0.4, -0.2) is 0 Å². The molecule has 1 heterocycles. The van der Waals surface area contributed by atoms with Crippen LogP contribution in [0.15, 0.2) is 144 Å². The minimum atomic E-state index is 0.900. The number of hydrogen-bond donors (Lipinski definition) is 0. The van der Waals surface area contributed by atoms with Gasteiger partial charge in [-0.25, -0.2) is 0 Å². The van der Waals surface area contributed by atoms with Crippen molar-refractivity contribution in [3.8, 4) is 11.1 Å². The summed E-state index contributed by atoms with van der Waals surface area (Å²) in [6, 6.07) is 50.9. The summed E-state index contributed by atoms with van der Waals surface area (Å²) in [5.41, 5.74) is 19.9. The number of rotatable bonds is 7. The van der Waals surface area contributed by atoms with Crippen molar-refractivity contribution in [1.82, 2.24) is 0 Å².